The molecule has 2 aliphatic heterocycles. The Balaban J connectivity index is 1.15. The summed E-state index contributed by atoms with van der Waals surface area (Å²) < 4.78 is 18.0. The molecule has 5 N–H and O–H groups in total. The van der Waals surface area contributed by atoms with Crippen LogP contribution in [0, 0.1) is 40.4 Å². The van der Waals surface area contributed by atoms with E-state index in [4.69, 9.17) is 14.2 Å². The second-order valence-corrected chi connectivity index (χ2v) is 15.7. The van der Waals surface area contributed by atoms with Gasteiger partial charge in [0.1, 0.15) is 30.0 Å². The van der Waals surface area contributed by atoms with E-state index in [1.54, 1.807) is 6.92 Å². The van der Waals surface area contributed by atoms with E-state index in [1.165, 1.54) is 11.1 Å². The molecule has 0 aromatic rings. The lowest BCUT2D eigenvalue weighted by atomic mass is 9.51. The minimum Gasteiger partial charge on any atom is -0.456 e. The Morgan fingerprint density at radius 2 is 1.75 bits per heavy atom. The van der Waals surface area contributed by atoms with Gasteiger partial charge in [0.2, 0.25) is 0 Å². The molecule has 9 heteroatoms. The van der Waals surface area contributed by atoms with Gasteiger partial charge in [-0.1, -0.05) is 39.8 Å². The molecule has 6 rings (SSSR count). The third kappa shape index (κ3) is 4.95. The molecule has 1 unspecified atom stereocenters. The molecule has 9 nitrogen and oxygen atoms in total. The van der Waals surface area contributed by atoms with Gasteiger partial charge in [0, 0.05) is 0 Å². The van der Waals surface area contributed by atoms with Gasteiger partial charge in [0.05, 0.1) is 24.7 Å². The maximum Gasteiger partial charge on any atom is 0.309 e. The molecule has 2 heterocycles. The van der Waals surface area contributed by atoms with Gasteiger partial charge in [0.25, 0.3) is 0 Å². The van der Waals surface area contributed by atoms with Crippen molar-refractivity contribution in [1.29, 1.82) is 0 Å². The van der Waals surface area contributed by atoms with Crippen molar-refractivity contribution in [3.63, 3.8) is 0 Å². The van der Waals surface area contributed by atoms with Crippen LogP contribution < -0.4 is 0 Å². The number of carbonyl (C=O) groups excluding carboxylic acids is 1. The summed E-state index contributed by atoms with van der Waals surface area (Å²) in [5.74, 6) is 0.822. The summed E-state index contributed by atoms with van der Waals surface area (Å²) in [5, 5.41) is 51.0. The number of rotatable bonds is 6. The van der Waals surface area contributed by atoms with Crippen LogP contribution >= 0.6 is 0 Å². The van der Waals surface area contributed by atoms with E-state index in [-0.39, 0.29) is 40.7 Å². The Morgan fingerprint density at radius 1 is 1.00 bits per heavy atom. The Morgan fingerprint density at radius 3 is 2.41 bits per heavy atom. The van der Waals surface area contributed by atoms with Crippen molar-refractivity contribution in [2.45, 2.75) is 141 Å². The quantitative estimate of drug-likeness (QED) is 0.283. The van der Waals surface area contributed by atoms with Crippen molar-refractivity contribution >= 4 is 5.97 Å². The fraction of sp³-hybridized carbons (Fsp3) is 0.857. The molecule has 44 heavy (non-hydrogen) atoms. The standard InChI is InChI=1S/C35H54O9/c1-18(2)35(19(3)37)15-11-23(31(41)44-35)25-9-8-24-22-7-6-20-16-21(10-13-33(20,4)26(22)12-14-34(24,25)5)42-32-30(40)29(39)28(38)27(17-36)43-32/h7,12,18-21,23-25,27-30,32,36-40H,6,8-11,13-17H2,1-5H3/t19-,20?,21+,23-,24+,25-,27-,28-,29+,30-,32-,33+,34+,35-/m1/s1. The fourth-order valence-corrected chi connectivity index (χ4v) is 10.4. The average Bonchev–Trinajstić information content (AvgIpc) is 3.34. The lowest BCUT2D eigenvalue weighted by Crippen LogP contribution is -2.60. The van der Waals surface area contributed by atoms with Crippen molar-refractivity contribution in [3.05, 3.63) is 23.3 Å². The summed E-state index contributed by atoms with van der Waals surface area (Å²) in [6.45, 7) is 10.1. The van der Waals surface area contributed by atoms with Gasteiger partial charge < -0.3 is 39.7 Å². The predicted molar refractivity (Wildman–Crippen MR) is 162 cm³/mol. The second kappa shape index (κ2) is 11.7. The SMILES string of the molecule is CC(C)[C@@]1([C@@H](C)O)CC[C@H]([C@H]2CC[C@H]3C4=CCC5C[C@@H](O[C@@H]6O[C@H](CO)[C@@H](O)[C@H](O)[C@H]6O)CC[C@]5(C)C4=CC[C@]23C)C(=O)O1. The fourth-order valence-electron chi connectivity index (χ4n) is 10.4. The number of allylic oxidation sites excluding steroid dienone is 4. The number of ether oxygens (including phenoxy) is 3. The third-order valence-corrected chi connectivity index (χ3v) is 13.3. The van der Waals surface area contributed by atoms with E-state index in [2.05, 4.69) is 26.0 Å². The predicted octanol–water partition coefficient (Wildman–Crippen LogP) is 3.40. The van der Waals surface area contributed by atoms with Gasteiger partial charge >= 0.3 is 5.97 Å². The maximum atomic E-state index is 13.6. The zero-order valence-electron chi connectivity index (χ0n) is 27.0. The Kier molecular flexibility index (Phi) is 8.69. The monoisotopic (exact) mass is 618 g/mol. The molecule has 0 radical (unpaired) electrons. The number of aliphatic hydroxyl groups is 5. The Labute approximate surface area is 261 Å². The number of hydrogen-bond acceptors (Lipinski definition) is 9. The first kappa shape index (κ1) is 32.6. The number of hydrogen-bond donors (Lipinski definition) is 5. The Hall–Kier alpha value is -1.33. The highest BCUT2D eigenvalue weighted by molar-refractivity contribution is 5.74. The van der Waals surface area contributed by atoms with Crippen molar-refractivity contribution in [1.82, 2.24) is 0 Å². The molecule has 0 aromatic heterocycles. The highest BCUT2D eigenvalue weighted by Gasteiger charge is 2.59. The molecule has 0 aromatic carbocycles. The minimum atomic E-state index is -1.44. The molecule has 4 fully saturated rings. The summed E-state index contributed by atoms with van der Waals surface area (Å²) >= 11 is 0. The van der Waals surface area contributed by atoms with Gasteiger partial charge in [-0.15, -0.1) is 0 Å². The minimum absolute atomic E-state index is 0.00566. The van der Waals surface area contributed by atoms with Gasteiger partial charge in [0.15, 0.2) is 6.29 Å². The van der Waals surface area contributed by atoms with Crippen LogP contribution in [-0.4, -0.2) is 86.6 Å². The topological polar surface area (TPSA) is 146 Å². The highest BCUT2D eigenvalue weighted by Crippen LogP contribution is 2.65. The number of fused-ring (bicyclic) bond motifs is 5. The molecule has 2 saturated heterocycles. The normalized spacial score (nSPS) is 49.8. The molecule has 0 amide bonds. The van der Waals surface area contributed by atoms with E-state index < -0.39 is 49.0 Å². The van der Waals surface area contributed by atoms with Gasteiger partial charge in [-0.2, -0.15) is 0 Å². The van der Waals surface area contributed by atoms with Crippen LogP contribution in [0.3, 0.4) is 0 Å². The Bertz CT molecular complexity index is 1150. The van der Waals surface area contributed by atoms with Crippen molar-refractivity contribution in [2.24, 2.45) is 40.4 Å². The van der Waals surface area contributed by atoms with Gasteiger partial charge in [-0.05, 0) is 110 Å². The number of aliphatic hydroxyl groups excluding tert-OH is 5. The van der Waals surface area contributed by atoms with Crippen LogP contribution in [-0.2, 0) is 19.0 Å². The summed E-state index contributed by atoms with van der Waals surface area (Å²) in [5.41, 5.74) is 2.14. The van der Waals surface area contributed by atoms with Crippen LogP contribution in [0.5, 0.6) is 0 Å². The zero-order valence-corrected chi connectivity index (χ0v) is 27.0. The first-order valence-electron chi connectivity index (χ1n) is 17.0. The molecular weight excluding hydrogens is 564 g/mol. The number of cyclic esters (lactones) is 1. The smallest absolute Gasteiger partial charge is 0.309 e. The van der Waals surface area contributed by atoms with Crippen LogP contribution in [0.2, 0.25) is 0 Å². The molecule has 14 atom stereocenters. The number of carbonyl (C=O) groups is 1. The van der Waals surface area contributed by atoms with E-state index in [1.807, 2.05) is 13.8 Å². The third-order valence-electron chi connectivity index (χ3n) is 13.3. The van der Waals surface area contributed by atoms with Crippen molar-refractivity contribution in [2.75, 3.05) is 6.61 Å². The molecule has 2 saturated carbocycles. The molecule has 0 spiro atoms. The lowest BCUT2D eigenvalue weighted by molar-refractivity contribution is -0.314. The summed E-state index contributed by atoms with van der Waals surface area (Å²) in [6, 6.07) is 0. The van der Waals surface area contributed by atoms with Crippen LogP contribution in [0.4, 0.5) is 0 Å². The first-order valence-corrected chi connectivity index (χ1v) is 17.0. The zero-order chi connectivity index (χ0) is 31.8. The number of esters is 1. The molecular formula is C35H54O9. The van der Waals surface area contributed by atoms with Crippen molar-refractivity contribution < 1.29 is 44.5 Å². The van der Waals surface area contributed by atoms with Crippen LogP contribution in [0.15, 0.2) is 23.3 Å². The van der Waals surface area contributed by atoms with E-state index >= 15 is 0 Å². The lowest BCUT2D eigenvalue weighted by Gasteiger charge is -2.54. The van der Waals surface area contributed by atoms with Gasteiger partial charge in [-0.3, -0.25) is 4.79 Å². The van der Waals surface area contributed by atoms with E-state index in [0.29, 0.717) is 18.3 Å². The maximum absolute atomic E-state index is 13.6. The van der Waals surface area contributed by atoms with Crippen molar-refractivity contribution in [3.8, 4) is 0 Å². The molecule has 0 bridgehead atoms. The average molecular weight is 619 g/mol. The second-order valence-electron chi connectivity index (χ2n) is 15.7. The summed E-state index contributed by atoms with van der Waals surface area (Å²) in [4.78, 5) is 13.6. The van der Waals surface area contributed by atoms with E-state index in [0.717, 1.165) is 51.4 Å². The van der Waals surface area contributed by atoms with Gasteiger partial charge in [-0.25, -0.2) is 0 Å². The molecule has 248 valence electrons. The first-order chi connectivity index (χ1) is 20.8. The highest BCUT2D eigenvalue weighted by atomic mass is 16.7. The summed E-state index contributed by atoms with van der Waals surface area (Å²) in [7, 11) is 0. The largest absolute Gasteiger partial charge is 0.456 e. The van der Waals surface area contributed by atoms with Crippen LogP contribution in [0.25, 0.3) is 0 Å². The molecule has 6 aliphatic rings. The summed E-state index contributed by atoms with van der Waals surface area (Å²) in [6.07, 6.45) is 5.69. The molecule has 4 aliphatic carbocycles. The van der Waals surface area contributed by atoms with Crippen LogP contribution in [0.1, 0.15) is 92.4 Å². The van der Waals surface area contributed by atoms with E-state index in [9.17, 15) is 30.3 Å².